The molecular weight excluding hydrogens is 503 g/mol. The minimum absolute atomic E-state index is 0. The van der Waals surface area contributed by atoms with E-state index >= 15 is 4.39 Å². The standard InChI is InChI=1S/C33H49FN2O2.CH2O.H2/c1-19(2)29-26-15-24(13-22(6)17-36-33(8)11-9-21(5)10-12-33)14-23(7)30(26)31(32(29)37)25-16-28(38-20(3)4)35-18-27(25)34;1-2;/h14-16,18-23,29-31,36H,9-13,17H2,1-8H3;1H2;1H. The van der Waals surface area contributed by atoms with E-state index in [1.54, 1.807) is 6.07 Å². The average Bonchev–Trinajstić information content (AvgIpc) is 3.19. The van der Waals surface area contributed by atoms with Gasteiger partial charge in [0, 0.05) is 30.4 Å². The topological polar surface area (TPSA) is 68.3 Å². The number of allylic oxidation sites excluding steroid dienone is 4. The zero-order valence-electron chi connectivity index (χ0n) is 25.9. The first-order valence-electron chi connectivity index (χ1n) is 15.2. The molecule has 4 rings (SSSR count). The number of hydrogen-bond donors (Lipinski definition) is 1. The van der Waals surface area contributed by atoms with Crippen molar-refractivity contribution in [2.45, 2.75) is 105 Å². The molecule has 5 unspecified atom stereocenters. The lowest BCUT2D eigenvalue weighted by Gasteiger charge is -2.38. The Bertz CT molecular complexity index is 1090. The maximum atomic E-state index is 15.2. The Labute approximate surface area is 242 Å². The van der Waals surface area contributed by atoms with Gasteiger partial charge in [-0.3, -0.25) is 4.79 Å². The van der Waals surface area contributed by atoms with Crippen LogP contribution < -0.4 is 10.1 Å². The molecule has 1 N–H and O–H groups in total. The number of pyridine rings is 1. The van der Waals surface area contributed by atoms with Crippen molar-refractivity contribution < 1.29 is 20.1 Å². The number of fused-ring (bicyclic) bond motifs is 1. The van der Waals surface area contributed by atoms with Crippen LogP contribution in [0.5, 0.6) is 5.88 Å². The van der Waals surface area contributed by atoms with Gasteiger partial charge in [0.05, 0.1) is 18.2 Å². The predicted octanol–water partition coefficient (Wildman–Crippen LogP) is 7.71. The summed E-state index contributed by atoms with van der Waals surface area (Å²) in [5, 5.41) is 3.89. The molecule has 6 heteroatoms. The van der Waals surface area contributed by atoms with Gasteiger partial charge in [-0.1, -0.05) is 57.9 Å². The van der Waals surface area contributed by atoms with E-state index < -0.39 is 11.7 Å². The molecule has 2 fully saturated rings. The lowest BCUT2D eigenvalue weighted by atomic mass is 9.73. The van der Waals surface area contributed by atoms with Crippen LogP contribution in [0.2, 0.25) is 0 Å². The molecule has 40 heavy (non-hydrogen) atoms. The van der Waals surface area contributed by atoms with Crippen LogP contribution in [0.4, 0.5) is 4.39 Å². The van der Waals surface area contributed by atoms with Crippen molar-refractivity contribution in [1.29, 1.82) is 0 Å². The van der Waals surface area contributed by atoms with Crippen LogP contribution in [0.1, 0.15) is 100 Å². The molecule has 0 bridgehead atoms. The number of nitrogens with zero attached hydrogens (tertiary/aromatic N) is 1. The highest BCUT2D eigenvalue weighted by atomic mass is 19.1. The number of carbonyl (C=O) groups excluding carboxylic acids is 2. The van der Waals surface area contributed by atoms with Gasteiger partial charge >= 0.3 is 0 Å². The molecule has 2 saturated carbocycles. The Hall–Kier alpha value is -2.34. The minimum Gasteiger partial charge on any atom is -0.475 e. The highest BCUT2D eigenvalue weighted by Gasteiger charge is 2.51. The second kappa shape index (κ2) is 13.5. The summed E-state index contributed by atoms with van der Waals surface area (Å²) in [7, 11) is 0. The first kappa shape index (κ1) is 32.2. The SMILES string of the molecule is C=O.CC1CCC(C)(NCC(C)CC2=CC(C)C3C(=C2)C(C(C)C)C(=O)C3c2cc(OC(C)C)ncc2F)CC1.[HH]. The molecule has 0 saturated heterocycles. The predicted molar refractivity (Wildman–Crippen MR) is 162 cm³/mol. The van der Waals surface area contributed by atoms with Gasteiger partial charge in [-0.15, -0.1) is 0 Å². The van der Waals surface area contributed by atoms with Crippen molar-refractivity contribution in [2.75, 3.05) is 6.54 Å². The molecule has 5 atom stereocenters. The van der Waals surface area contributed by atoms with Gasteiger partial charge in [0.15, 0.2) is 0 Å². The third-order valence-electron chi connectivity index (χ3n) is 9.17. The van der Waals surface area contributed by atoms with Crippen LogP contribution in [-0.4, -0.2) is 35.7 Å². The van der Waals surface area contributed by atoms with Crippen molar-refractivity contribution in [1.82, 2.24) is 10.3 Å². The molecule has 3 aliphatic rings. The lowest BCUT2D eigenvalue weighted by Crippen LogP contribution is -2.46. The highest BCUT2D eigenvalue weighted by Crippen LogP contribution is 2.53. The average molecular weight is 557 g/mol. The van der Waals surface area contributed by atoms with Crippen molar-refractivity contribution >= 4 is 12.6 Å². The van der Waals surface area contributed by atoms with Gasteiger partial charge in [-0.25, -0.2) is 9.37 Å². The van der Waals surface area contributed by atoms with E-state index in [1.807, 2.05) is 20.6 Å². The van der Waals surface area contributed by atoms with Crippen LogP contribution in [0.3, 0.4) is 0 Å². The second-order valence-electron chi connectivity index (χ2n) is 13.5. The zero-order valence-corrected chi connectivity index (χ0v) is 25.9. The van der Waals surface area contributed by atoms with Crippen LogP contribution in [0.25, 0.3) is 0 Å². The van der Waals surface area contributed by atoms with Gasteiger partial charge in [0.25, 0.3) is 0 Å². The van der Waals surface area contributed by atoms with E-state index in [0.717, 1.165) is 18.9 Å². The summed E-state index contributed by atoms with van der Waals surface area (Å²) in [4.78, 5) is 26.0. The van der Waals surface area contributed by atoms with E-state index in [0.29, 0.717) is 17.4 Å². The number of ketones is 1. The summed E-state index contributed by atoms with van der Waals surface area (Å²) >= 11 is 0. The first-order valence-corrected chi connectivity index (χ1v) is 15.2. The van der Waals surface area contributed by atoms with Gasteiger partial charge in [-0.2, -0.15) is 0 Å². The zero-order chi connectivity index (χ0) is 29.8. The Morgan fingerprint density at radius 3 is 2.42 bits per heavy atom. The monoisotopic (exact) mass is 556 g/mol. The number of aromatic nitrogens is 1. The fraction of sp³-hybridized carbons (Fsp3) is 0.676. The Morgan fingerprint density at radius 2 is 1.82 bits per heavy atom. The van der Waals surface area contributed by atoms with Gasteiger partial charge in [-0.05, 0) is 83.1 Å². The van der Waals surface area contributed by atoms with E-state index in [4.69, 9.17) is 9.53 Å². The van der Waals surface area contributed by atoms with Crippen molar-refractivity contribution in [3.8, 4) is 5.88 Å². The summed E-state index contributed by atoms with van der Waals surface area (Å²) in [6.45, 7) is 20.3. The Kier molecular flexibility index (Phi) is 10.9. The Balaban J connectivity index is 0.00000192. The molecule has 0 aromatic carbocycles. The maximum Gasteiger partial charge on any atom is 0.213 e. The van der Waals surface area contributed by atoms with E-state index in [1.165, 1.54) is 43.0 Å². The van der Waals surface area contributed by atoms with E-state index in [2.05, 4.69) is 64.0 Å². The number of halogens is 1. The molecule has 1 aromatic heterocycles. The van der Waals surface area contributed by atoms with E-state index in [9.17, 15) is 4.79 Å². The van der Waals surface area contributed by atoms with E-state index in [-0.39, 0.29) is 42.5 Å². The molecule has 3 aliphatic carbocycles. The normalized spacial score (nSPS) is 30.8. The third-order valence-corrected chi connectivity index (χ3v) is 9.17. The Morgan fingerprint density at radius 1 is 1.18 bits per heavy atom. The van der Waals surface area contributed by atoms with Gasteiger partial charge in [0.2, 0.25) is 5.88 Å². The summed E-state index contributed by atoms with van der Waals surface area (Å²) < 4.78 is 20.9. The molecule has 0 radical (unpaired) electrons. The van der Waals surface area contributed by atoms with Crippen LogP contribution >= 0.6 is 0 Å². The summed E-state index contributed by atoms with van der Waals surface area (Å²) in [6.07, 6.45) is 11.9. The molecular formula is C34H53FN2O3. The third kappa shape index (κ3) is 7.29. The number of rotatable bonds is 9. The highest BCUT2D eigenvalue weighted by molar-refractivity contribution is 5.95. The van der Waals surface area contributed by atoms with Gasteiger partial charge < -0.3 is 14.8 Å². The van der Waals surface area contributed by atoms with Crippen LogP contribution in [0.15, 0.2) is 35.6 Å². The van der Waals surface area contributed by atoms with Gasteiger partial charge in [0.1, 0.15) is 18.4 Å². The largest absolute Gasteiger partial charge is 0.475 e. The molecule has 0 amide bonds. The quantitative estimate of drug-likeness (QED) is 0.337. The summed E-state index contributed by atoms with van der Waals surface area (Å²) in [5.74, 6) is 1.03. The lowest BCUT2D eigenvalue weighted by molar-refractivity contribution is -0.122. The van der Waals surface area contributed by atoms with Crippen molar-refractivity contribution in [3.63, 3.8) is 0 Å². The summed E-state index contributed by atoms with van der Waals surface area (Å²) in [6, 6.07) is 1.66. The number of hydrogen-bond acceptors (Lipinski definition) is 5. The molecule has 224 valence electrons. The summed E-state index contributed by atoms with van der Waals surface area (Å²) in [5.41, 5.74) is 3.18. The fourth-order valence-electron chi connectivity index (χ4n) is 7.07. The number of Topliss-reactive ketones (excluding diaryl/α,β-unsaturated/α-hetero) is 1. The minimum atomic E-state index is -0.508. The van der Waals surface area contributed by atoms with Crippen molar-refractivity contribution in [3.05, 3.63) is 46.9 Å². The molecule has 1 heterocycles. The fourth-order valence-corrected chi connectivity index (χ4v) is 7.07. The molecule has 0 aliphatic heterocycles. The number of nitrogens with one attached hydrogen (secondary N) is 1. The number of ether oxygens (including phenoxy) is 1. The molecule has 5 nitrogen and oxygen atoms in total. The van der Waals surface area contributed by atoms with Crippen LogP contribution in [-0.2, 0) is 9.59 Å². The second-order valence-corrected chi connectivity index (χ2v) is 13.5. The number of carbonyl (C=O) groups is 2. The van der Waals surface area contributed by atoms with Crippen LogP contribution in [0, 0.1) is 41.3 Å². The van der Waals surface area contributed by atoms with Crippen molar-refractivity contribution in [2.24, 2.45) is 35.5 Å². The smallest absolute Gasteiger partial charge is 0.213 e. The maximum absolute atomic E-state index is 15.2. The molecule has 0 spiro atoms. The molecule has 1 aromatic rings. The first-order chi connectivity index (χ1) is 18.9.